The Morgan fingerprint density at radius 3 is 2.52 bits per heavy atom. The van der Waals surface area contributed by atoms with Gasteiger partial charge in [0.2, 0.25) is 5.91 Å². The van der Waals surface area contributed by atoms with Crippen molar-refractivity contribution in [1.29, 1.82) is 0 Å². The molecule has 0 unspecified atom stereocenters. The van der Waals surface area contributed by atoms with E-state index in [1.807, 2.05) is 23.1 Å². The normalized spacial score (nSPS) is 15.3. The Labute approximate surface area is 145 Å². The van der Waals surface area contributed by atoms with Crippen LogP contribution in [0.2, 0.25) is 0 Å². The van der Waals surface area contributed by atoms with Crippen molar-refractivity contribution in [3.63, 3.8) is 0 Å². The number of ether oxygens (including phenoxy) is 2. The molecule has 0 spiro atoms. The number of piperidine rings is 1. The van der Waals surface area contributed by atoms with Gasteiger partial charge >= 0.3 is 5.97 Å². The van der Waals surface area contributed by atoms with Crippen LogP contribution >= 0.6 is 15.9 Å². The number of likely N-dealkylation sites (tertiary alicyclic amines) is 1. The predicted octanol–water partition coefficient (Wildman–Crippen LogP) is 2.80. The van der Waals surface area contributed by atoms with Crippen LogP contribution in [0.5, 0.6) is 5.75 Å². The Balaban J connectivity index is 1.82. The van der Waals surface area contributed by atoms with Crippen LogP contribution in [0.4, 0.5) is 0 Å². The van der Waals surface area contributed by atoms with E-state index in [-0.39, 0.29) is 17.8 Å². The van der Waals surface area contributed by atoms with Crippen molar-refractivity contribution in [2.75, 3.05) is 27.3 Å². The fraction of sp³-hybridized carbons (Fsp3) is 0.529. The zero-order valence-electron chi connectivity index (χ0n) is 13.5. The molecular weight excluding hydrogens is 362 g/mol. The minimum Gasteiger partial charge on any atom is -0.496 e. The third-order valence-corrected chi connectivity index (χ3v) is 4.85. The molecule has 0 aromatic heterocycles. The lowest BCUT2D eigenvalue weighted by Crippen LogP contribution is -2.40. The third-order valence-electron chi connectivity index (χ3n) is 4.23. The summed E-state index contributed by atoms with van der Waals surface area (Å²) in [6, 6.07) is 5.85. The van der Waals surface area contributed by atoms with E-state index in [0.717, 1.165) is 15.8 Å². The molecule has 0 bridgehead atoms. The molecule has 1 aromatic carbocycles. The first-order valence-corrected chi connectivity index (χ1v) is 8.52. The molecule has 0 saturated carbocycles. The minimum absolute atomic E-state index is 0.0680. The van der Waals surface area contributed by atoms with Crippen LogP contribution in [0.3, 0.4) is 0 Å². The largest absolute Gasteiger partial charge is 0.496 e. The second-order valence-corrected chi connectivity index (χ2v) is 6.50. The molecule has 126 valence electrons. The Morgan fingerprint density at radius 2 is 1.96 bits per heavy atom. The lowest BCUT2D eigenvalue weighted by molar-refractivity contribution is -0.148. The zero-order valence-corrected chi connectivity index (χ0v) is 15.1. The molecular formula is C17H22BrNO4. The lowest BCUT2D eigenvalue weighted by Gasteiger charge is -2.30. The number of halogens is 1. The van der Waals surface area contributed by atoms with Crippen molar-refractivity contribution in [2.45, 2.75) is 25.7 Å². The number of aryl methyl sites for hydroxylation is 1. The molecule has 1 fully saturated rings. The van der Waals surface area contributed by atoms with Crippen LogP contribution in [-0.4, -0.2) is 44.1 Å². The fourth-order valence-corrected chi connectivity index (χ4v) is 3.39. The van der Waals surface area contributed by atoms with Crippen LogP contribution in [-0.2, 0) is 20.7 Å². The van der Waals surface area contributed by atoms with Crippen LogP contribution in [0, 0.1) is 5.92 Å². The Morgan fingerprint density at radius 1 is 1.26 bits per heavy atom. The summed E-state index contributed by atoms with van der Waals surface area (Å²) in [5.41, 5.74) is 1.09. The summed E-state index contributed by atoms with van der Waals surface area (Å²) in [7, 11) is 3.04. The molecule has 1 amide bonds. The standard InChI is InChI=1S/C17H22BrNO4/c1-22-15-5-3-12(11-14(15)18)4-6-16(20)19-9-7-13(8-10-19)17(21)23-2/h3,5,11,13H,4,6-10H2,1-2H3. The van der Waals surface area contributed by atoms with Crippen molar-refractivity contribution >= 4 is 27.8 Å². The first kappa shape index (κ1) is 17.8. The first-order valence-electron chi connectivity index (χ1n) is 7.73. The highest BCUT2D eigenvalue weighted by Crippen LogP contribution is 2.26. The number of carbonyl (C=O) groups is 2. The number of esters is 1. The van der Waals surface area contributed by atoms with Crippen molar-refractivity contribution in [3.05, 3.63) is 28.2 Å². The molecule has 1 saturated heterocycles. The number of amides is 1. The van der Waals surface area contributed by atoms with Crippen LogP contribution in [0.25, 0.3) is 0 Å². The van der Waals surface area contributed by atoms with Crippen molar-refractivity contribution in [1.82, 2.24) is 4.90 Å². The molecule has 1 aliphatic rings. The number of methoxy groups -OCH3 is 2. The zero-order chi connectivity index (χ0) is 16.8. The average Bonchev–Trinajstić information content (AvgIpc) is 2.59. The molecule has 2 rings (SSSR count). The lowest BCUT2D eigenvalue weighted by atomic mass is 9.96. The van der Waals surface area contributed by atoms with Gasteiger partial charge in [-0.2, -0.15) is 0 Å². The van der Waals surface area contributed by atoms with Gasteiger partial charge in [0.1, 0.15) is 5.75 Å². The molecule has 1 aromatic rings. The quantitative estimate of drug-likeness (QED) is 0.733. The first-order chi connectivity index (χ1) is 11.0. The third kappa shape index (κ3) is 4.70. The number of hydrogen-bond acceptors (Lipinski definition) is 4. The van der Waals surface area contributed by atoms with E-state index in [1.54, 1.807) is 7.11 Å². The summed E-state index contributed by atoms with van der Waals surface area (Å²) in [5, 5.41) is 0. The minimum atomic E-state index is -0.166. The Bertz CT molecular complexity index is 568. The van der Waals surface area contributed by atoms with Gasteiger partial charge in [-0.25, -0.2) is 0 Å². The second-order valence-electron chi connectivity index (χ2n) is 5.65. The van der Waals surface area contributed by atoms with E-state index in [4.69, 9.17) is 9.47 Å². The maximum absolute atomic E-state index is 12.3. The van der Waals surface area contributed by atoms with Gasteiger partial charge in [0, 0.05) is 19.5 Å². The van der Waals surface area contributed by atoms with Crippen molar-refractivity contribution in [2.24, 2.45) is 5.92 Å². The van der Waals surface area contributed by atoms with Gasteiger partial charge in [0.15, 0.2) is 0 Å². The summed E-state index contributed by atoms with van der Waals surface area (Å²) in [6.45, 7) is 1.26. The highest BCUT2D eigenvalue weighted by atomic mass is 79.9. The highest BCUT2D eigenvalue weighted by molar-refractivity contribution is 9.10. The van der Waals surface area contributed by atoms with E-state index in [2.05, 4.69) is 15.9 Å². The Hall–Kier alpha value is -1.56. The maximum atomic E-state index is 12.3. The number of nitrogens with zero attached hydrogens (tertiary/aromatic N) is 1. The van der Waals surface area contributed by atoms with Gasteiger partial charge in [0.25, 0.3) is 0 Å². The van der Waals surface area contributed by atoms with E-state index in [1.165, 1.54) is 7.11 Å². The molecule has 23 heavy (non-hydrogen) atoms. The van der Waals surface area contributed by atoms with Crippen molar-refractivity contribution < 1.29 is 19.1 Å². The SMILES string of the molecule is COC(=O)C1CCN(C(=O)CCc2ccc(OC)c(Br)c2)CC1. The van der Waals surface area contributed by atoms with Gasteiger partial charge in [-0.15, -0.1) is 0 Å². The predicted molar refractivity (Wildman–Crippen MR) is 90.3 cm³/mol. The van der Waals surface area contributed by atoms with E-state index < -0.39 is 0 Å². The van der Waals surface area contributed by atoms with E-state index in [0.29, 0.717) is 38.8 Å². The monoisotopic (exact) mass is 383 g/mol. The molecule has 0 aliphatic carbocycles. The van der Waals surface area contributed by atoms with Gasteiger partial charge in [-0.3, -0.25) is 9.59 Å². The van der Waals surface area contributed by atoms with Gasteiger partial charge in [-0.1, -0.05) is 6.07 Å². The molecule has 5 nitrogen and oxygen atoms in total. The summed E-state index contributed by atoms with van der Waals surface area (Å²) in [4.78, 5) is 25.6. The maximum Gasteiger partial charge on any atom is 0.308 e. The second kappa shape index (κ2) is 8.34. The molecule has 1 heterocycles. The van der Waals surface area contributed by atoms with Gasteiger partial charge in [0.05, 0.1) is 24.6 Å². The summed E-state index contributed by atoms with van der Waals surface area (Å²) < 4.78 is 10.9. The average molecular weight is 384 g/mol. The smallest absolute Gasteiger partial charge is 0.308 e. The van der Waals surface area contributed by atoms with Crippen LogP contribution < -0.4 is 4.74 Å². The van der Waals surface area contributed by atoms with Crippen LogP contribution in [0.15, 0.2) is 22.7 Å². The number of rotatable bonds is 5. The number of hydrogen-bond donors (Lipinski definition) is 0. The van der Waals surface area contributed by atoms with Gasteiger partial charge < -0.3 is 14.4 Å². The van der Waals surface area contributed by atoms with E-state index >= 15 is 0 Å². The topological polar surface area (TPSA) is 55.8 Å². The summed E-state index contributed by atoms with van der Waals surface area (Å²) >= 11 is 3.45. The Kier molecular flexibility index (Phi) is 6.45. The van der Waals surface area contributed by atoms with Crippen LogP contribution in [0.1, 0.15) is 24.8 Å². The molecule has 0 atom stereocenters. The fourth-order valence-electron chi connectivity index (χ4n) is 2.81. The number of carbonyl (C=O) groups excluding carboxylic acids is 2. The van der Waals surface area contributed by atoms with Gasteiger partial charge in [-0.05, 0) is 52.9 Å². The molecule has 0 radical (unpaired) electrons. The van der Waals surface area contributed by atoms with Crippen molar-refractivity contribution in [3.8, 4) is 5.75 Å². The summed E-state index contributed by atoms with van der Waals surface area (Å²) in [6.07, 6.45) is 2.54. The highest BCUT2D eigenvalue weighted by Gasteiger charge is 2.27. The number of benzene rings is 1. The summed E-state index contributed by atoms with van der Waals surface area (Å²) in [5.74, 6) is 0.687. The van der Waals surface area contributed by atoms with E-state index in [9.17, 15) is 9.59 Å². The molecule has 1 aliphatic heterocycles. The molecule has 6 heteroatoms. The molecule has 0 N–H and O–H groups in total.